The highest BCUT2D eigenvalue weighted by Crippen LogP contribution is 2.26. The summed E-state index contributed by atoms with van der Waals surface area (Å²) < 4.78 is 28.4. The van der Waals surface area contributed by atoms with Gasteiger partial charge in [-0.15, -0.1) is 11.3 Å². The molecule has 0 radical (unpaired) electrons. The number of hydrogen-bond donors (Lipinski definition) is 2. The predicted molar refractivity (Wildman–Crippen MR) is 91.7 cm³/mol. The summed E-state index contributed by atoms with van der Waals surface area (Å²) in [6, 6.07) is 8.96. The molecule has 1 aromatic carbocycles. The van der Waals surface area contributed by atoms with Gasteiger partial charge in [-0.2, -0.15) is 0 Å². The van der Waals surface area contributed by atoms with E-state index in [2.05, 4.69) is 32.6 Å². The Hall–Kier alpha value is -0.640. The predicted octanol–water partition coefficient (Wildman–Crippen LogP) is 3.26. The van der Waals surface area contributed by atoms with Gasteiger partial charge in [0.05, 0.1) is 5.69 Å². The molecule has 2 rings (SSSR count). The standard InChI is InChI=1S/C13H15IN2O2S2/c1-2-15-9-12-13(7-8-19-12)20(17,18)16-11-6-4-3-5-10(11)14/h3-8,15-16H,2,9H2,1H3. The van der Waals surface area contributed by atoms with Crippen LogP contribution in [0, 0.1) is 3.57 Å². The molecule has 7 heteroatoms. The zero-order chi connectivity index (χ0) is 14.6. The number of benzene rings is 1. The van der Waals surface area contributed by atoms with Crippen molar-refractivity contribution in [1.29, 1.82) is 0 Å². The zero-order valence-electron chi connectivity index (χ0n) is 10.9. The summed E-state index contributed by atoms with van der Waals surface area (Å²) in [5.41, 5.74) is 0.605. The van der Waals surface area contributed by atoms with Gasteiger partial charge in [0.25, 0.3) is 10.0 Å². The number of thiophene rings is 1. The first-order chi connectivity index (χ1) is 9.54. The summed E-state index contributed by atoms with van der Waals surface area (Å²) in [7, 11) is -3.54. The summed E-state index contributed by atoms with van der Waals surface area (Å²) in [6.45, 7) is 3.37. The average molecular weight is 422 g/mol. The van der Waals surface area contributed by atoms with E-state index < -0.39 is 10.0 Å². The molecule has 0 saturated carbocycles. The highest BCUT2D eigenvalue weighted by atomic mass is 127. The first-order valence-electron chi connectivity index (χ1n) is 6.09. The third-order valence-corrected chi connectivity index (χ3v) is 6.09. The number of sulfonamides is 1. The number of anilines is 1. The Morgan fingerprint density at radius 3 is 2.70 bits per heavy atom. The molecule has 0 spiro atoms. The molecule has 2 aromatic rings. The summed E-state index contributed by atoms with van der Waals surface area (Å²) in [5.74, 6) is 0. The second kappa shape index (κ2) is 6.88. The fraction of sp³-hybridized carbons (Fsp3) is 0.231. The maximum atomic E-state index is 12.5. The molecule has 0 aliphatic carbocycles. The Morgan fingerprint density at radius 2 is 2.00 bits per heavy atom. The molecule has 0 bridgehead atoms. The van der Waals surface area contributed by atoms with Crippen LogP contribution >= 0.6 is 33.9 Å². The topological polar surface area (TPSA) is 58.2 Å². The molecule has 4 nitrogen and oxygen atoms in total. The monoisotopic (exact) mass is 422 g/mol. The first-order valence-corrected chi connectivity index (χ1v) is 9.53. The van der Waals surface area contributed by atoms with Gasteiger partial charge >= 0.3 is 0 Å². The lowest BCUT2D eigenvalue weighted by molar-refractivity contribution is 0.599. The second-order valence-corrected chi connectivity index (χ2v) is 7.89. The normalized spacial score (nSPS) is 11.5. The molecule has 1 aromatic heterocycles. The fourth-order valence-electron chi connectivity index (χ4n) is 1.68. The molecule has 1 heterocycles. The second-order valence-electron chi connectivity index (χ2n) is 4.07. The number of para-hydroxylation sites is 1. The Bertz CT molecular complexity index is 683. The summed E-state index contributed by atoms with van der Waals surface area (Å²) >= 11 is 3.56. The first kappa shape index (κ1) is 15.7. The third kappa shape index (κ3) is 3.72. The van der Waals surface area contributed by atoms with E-state index in [0.29, 0.717) is 17.1 Å². The SMILES string of the molecule is CCNCc1sccc1S(=O)(=O)Nc1ccccc1I. The molecule has 0 aliphatic heterocycles. The molecular formula is C13H15IN2O2S2. The van der Waals surface area contributed by atoms with Crippen LogP contribution in [-0.4, -0.2) is 15.0 Å². The molecule has 20 heavy (non-hydrogen) atoms. The van der Waals surface area contributed by atoms with E-state index in [0.717, 1.165) is 15.0 Å². The van der Waals surface area contributed by atoms with Crippen molar-refractivity contribution in [1.82, 2.24) is 5.32 Å². The van der Waals surface area contributed by atoms with E-state index in [1.807, 2.05) is 25.1 Å². The number of rotatable bonds is 6. The van der Waals surface area contributed by atoms with E-state index in [1.165, 1.54) is 11.3 Å². The zero-order valence-corrected chi connectivity index (χ0v) is 14.7. The number of hydrogen-bond acceptors (Lipinski definition) is 4. The average Bonchev–Trinajstić information content (AvgIpc) is 2.88. The summed E-state index contributed by atoms with van der Waals surface area (Å²) in [5, 5.41) is 4.96. The molecule has 0 amide bonds. The van der Waals surface area contributed by atoms with Crippen LogP contribution in [0.2, 0.25) is 0 Å². The molecular weight excluding hydrogens is 407 g/mol. The van der Waals surface area contributed by atoms with Gasteiger partial charge in [-0.05, 0) is 52.7 Å². The van der Waals surface area contributed by atoms with Crippen molar-refractivity contribution in [2.24, 2.45) is 0 Å². The Labute approximate surface area is 136 Å². The van der Waals surface area contributed by atoms with Gasteiger partial charge in [0.1, 0.15) is 4.90 Å². The van der Waals surface area contributed by atoms with Crippen LogP contribution in [0.5, 0.6) is 0 Å². The lowest BCUT2D eigenvalue weighted by Gasteiger charge is -2.10. The van der Waals surface area contributed by atoms with Gasteiger partial charge in [0.15, 0.2) is 0 Å². The largest absolute Gasteiger partial charge is 0.312 e. The minimum absolute atomic E-state index is 0.350. The summed E-state index contributed by atoms with van der Waals surface area (Å²) in [4.78, 5) is 1.17. The third-order valence-electron chi connectivity index (χ3n) is 2.65. The lowest BCUT2D eigenvalue weighted by Crippen LogP contribution is -2.17. The van der Waals surface area contributed by atoms with Crippen molar-refractivity contribution >= 4 is 49.6 Å². The maximum Gasteiger partial charge on any atom is 0.263 e. The van der Waals surface area contributed by atoms with E-state index >= 15 is 0 Å². The molecule has 0 aliphatic rings. The van der Waals surface area contributed by atoms with Crippen molar-refractivity contribution in [3.05, 3.63) is 44.2 Å². The van der Waals surface area contributed by atoms with E-state index in [1.54, 1.807) is 17.5 Å². The van der Waals surface area contributed by atoms with Crippen molar-refractivity contribution in [2.45, 2.75) is 18.4 Å². The molecule has 108 valence electrons. The van der Waals surface area contributed by atoms with Gasteiger partial charge in [-0.3, -0.25) is 4.72 Å². The van der Waals surface area contributed by atoms with Crippen molar-refractivity contribution in [3.8, 4) is 0 Å². The maximum absolute atomic E-state index is 12.5. The molecule has 0 saturated heterocycles. The smallest absolute Gasteiger partial charge is 0.263 e. The van der Waals surface area contributed by atoms with E-state index in [4.69, 9.17) is 0 Å². The lowest BCUT2D eigenvalue weighted by atomic mass is 10.3. The van der Waals surface area contributed by atoms with Crippen LogP contribution in [0.3, 0.4) is 0 Å². The molecule has 2 N–H and O–H groups in total. The summed E-state index contributed by atoms with van der Waals surface area (Å²) in [6.07, 6.45) is 0. The van der Waals surface area contributed by atoms with Gasteiger partial charge in [0, 0.05) is 15.0 Å². The van der Waals surface area contributed by atoms with Crippen LogP contribution in [0.25, 0.3) is 0 Å². The molecule has 0 unspecified atom stereocenters. The van der Waals surface area contributed by atoms with Crippen LogP contribution in [-0.2, 0) is 16.6 Å². The Morgan fingerprint density at radius 1 is 1.25 bits per heavy atom. The highest BCUT2D eigenvalue weighted by Gasteiger charge is 2.20. The van der Waals surface area contributed by atoms with Gasteiger partial charge in [0.2, 0.25) is 0 Å². The number of nitrogens with one attached hydrogen (secondary N) is 2. The van der Waals surface area contributed by atoms with Crippen LogP contribution in [0.1, 0.15) is 11.8 Å². The van der Waals surface area contributed by atoms with E-state index in [-0.39, 0.29) is 0 Å². The van der Waals surface area contributed by atoms with Gasteiger partial charge in [-0.1, -0.05) is 19.1 Å². The van der Waals surface area contributed by atoms with Crippen LogP contribution in [0.4, 0.5) is 5.69 Å². The van der Waals surface area contributed by atoms with Crippen LogP contribution < -0.4 is 10.0 Å². The van der Waals surface area contributed by atoms with Gasteiger partial charge in [-0.25, -0.2) is 8.42 Å². The highest BCUT2D eigenvalue weighted by molar-refractivity contribution is 14.1. The Kier molecular flexibility index (Phi) is 5.42. The van der Waals surface area contributed by atoms with E-state index in [9.17, 15) is 8.42 Å². The van der Waals surface area contributed by atoms with Crippen molar-refractivity contribution in [3.63, 3.8) is 0 Å². The van der Waals surface area contributed by atoms with Crippen molar-refractivity contribution < 1.29 is 8.42 Å². The van der Waals surface area contributed by atoms with Crippen LogP contribution in [0.15, 0.2) is 40.6 Å². The fourth-order valence-corrected chi connectivity index (χ4v) is 4.88. The Balaban J connectivity index is 2.27. The molecule has 0 atom stereocenters. The van der Waals surface area contributed by atoms with Crippen molar-refractivity contribution in [2.75, 3.05) is 11.3 Å². The quantitative estimate of drug-likeness (QED) is 0.703. The van der Waals surface area contributed by atoms with Gasteiger partial charge < -0.3 is 5.32 Å². The molecule has 0 fully saturated rings. The minimum Gasteiger partial charge on any atom is -0.312 e. The minimum atomic E-state index is -3.54. The number of halogens is 1.